The number of rotatable bonds is 3. The number of nitro benzene ring substituents is 1. The number of nitrogens with zero attached hydrogens (tertiary/aromatic N) is 1. The molecule has 2 rings (SSSR count). The third-order valence-electron chi connectivity index (χ3n) is 3.35. The van der Waals surface area contributed by atoms with Crippen LogP contribution in [-0.4, -0.2) is 22.2 Å². The monoisotopic (exact) mass is 250 g/mol. The summed E-state index contributed by atoms with van der Waals surface area (Å²) in [6.45, 7) is 1.83. The fraction of sp³-hybridized carbons (Fsp3) is 0.538. The lowest BCUT2D eigenvalue weighted by Crippen LogP contribution is -2.36. The van der Waals surface area contributed by atoms with Crippen LogP contribution >= 0.6 is 0 Å². The van der Waals surface area contributed by atoms with Gasteiger partial charge in [-0.1, -0.05) is 12.8 Å². The second kappa shape index (κ2) is 5.35. The van der Waals surface area contributed by atoms with Gasteiger partial charge in [0.05, 0.1) is 17.1 Å². The van der Waals surface area contributed by atoms with E-state index < -0.39 is 4.92 Å². The van der Waals surface area contributed by atoms with E-state index in [-0.39, 0.29) is 17.8 Å². The van der Waals surface area contributed by atoms with E-state index in [2.05, 4.69) is 5.32 Å². The average Bonchev–Trinajstić information content (AvgIpc) is 2.31. The van der Waals surface area contributed by atoms with Crippen LogP contribution < -0.4 is 5.32 Å². The van der Waals surface area contributed by atoms with Crippen molar-refractivity contribution >= 4 is 11.4 Å². The van der Waals surface area contributed by atoms with E-state index in [1.165, 1.54) is 6.07 Å². The number of non-ortho nitro benzene ring substituents is 1. The number of aryl methyl sites for hydroxylation is 1. The third kappa shape index (κ3) is 2.98. The zero-order valence-corrected chi connectivity index (χ0v) is 10.4. The molecule has 5 nitrogen and oxygen atoms in total. The first kappa shape index (κ1) is 12.8. The Morgan fingerprint density at radius 3 is 2.72 bits per heavy atom. The molecule has 18 heavy (non-hydrogen) atoms. The smallest absolute Gasteiger partial charge is 0.271 e. The van der Waals surface area contributed by atoms with Crippen molar-refractivity contribution in [1.82, 2.24) is 0 Å². The van der Waals surface area contributed by atoms with E-state index in [9.17, 15) is 15.2 Å². The first-order valence-electron chi connectivity index (χ1n) is 6.27. The predicted octanol–water partition coefficient (Wildman–Crippen LogP) is 2.62. The highest BCUT2D eigenvalue weighted by atomic mass is 16.6. The molecule has 0 bridgehead atoms. The topological polar surface area (TPSA) is 75.4 Å². The Balaban J connectivity index is 2.15. The molecule has 2 N–H and O–H groups in total. The molecule has 0 amide bonds. The molecule has 2 atom stereocenters. The summed E-state index contributed by atoms with van der Waals surface area (Å²) in [6, 6.07) is 4.94. The second-order valence-electron chi connectivity index (χ2n) is 4.92. The number of nitro groups is 1. The van der Waals surface area contributed by atoms with Crippen LogP contribution in [0.2, 0.25) is 0 Å². The Bertz CT molecular complexity index is 448. The quantitative estimate of drug-likeness (QED) is 0.638. The van der Waals surface area contributed by atoms with Crippen LogP contribution in [0.4, 0.5) is 11.4 Å². The number of nitrogens with one attached hydrogen (secondary N) is 1. The Labute approximate surface area is 106 Å². The van der Waals surface area contributed by atoms with E-state index >= 15 is 0 Å². The van der Waals surface area contributed by atoms with Crippen molar-refractivity contribution in [3.8, 4) is 0 Å². The largest absolute Gasteiger partial charge is 0.391 e. The van der Waals surface area contributed by atoms with Gasteiger partial charge in [0.1, 0.15) is 0 Å². The molecule has 1 saturated carbocycles. The van der Waals surface area contributed by atoms with Gasteiger partial charge >= 0.3 is 0 Å². The molecule has 2 unspecified atom stereocenters. The minimum absolute atomic E-state index is 0.000143. The Hall–Kier alpha value is -1.62. The number of aliphatic hydroxyl groups excluding tert-OH is 1. The summed E-state index contributed by atoms with van der Waals surface area (Å²) in [4.78, 5) is 10.4. The van der Waals surface area contributed by atoms with Gasteiger partial charge in [-0.15, -0.1) is 0 Å². The van der Waals surface area contributed by atoms with E-state index in [4.69, 9.17) is 0 Å². The summed E-state index contributed by atoms with van der Waals surface area (Å²) in [5.74, 6) is 0. The fourth-order valence-corrected chi connectivity index (χ4v) is 2.45. The molecule has 0 radical (unpaired) electrons. The predicted molar refractivity (Wildman–Crippen MR) is 69.7 cm³/mol. The van der Waals surface area contributed by atoms with Gasteiger partial charge in [0, 0.05) is 17.8 Å². The van der Waals surface area contributed by atoms with Gasteiger partial charge in [0.2, 0.25) is 0 Å². The van der Waals surface area contributed by atoms with E-state index in [1.807, 2.05) is 13.0 Å². The maximum absolute atomic E-state index is 10.8. The molecular weight excluding hydrogens is 232 g/mol. The summed E-state index contributed by atoms with van der Waals surface area (Å²) in [7, 11) is 0. The van der Waals surface area contributed by atoms with Crippen LogP contribution in [0.5, 0.6) is 0 Å². The Morgan fingerprint density at radius 1 is 1.33 bits per heavy atom. The Morgan fingerprint density at radius 2 is 2.06 bits per heavy atom. The van der Waals surface area contributed by atoms with Crippen LogP contribution in [0.25, 0.3) is 0 Å². The molecule has 1 aromatic carbocycles. The summed E-state index contributed by atoms with van der Waals surface area (Å²) in [6.07, 6.45) is 3.48. The zero-order chi connectivity index (χ0) is 13.1. The third-order valence-corrected chi connectivity index (χ3v) is 3.35. The van der Waals surface area contributed by atoms with Gasteiger partial charge in [-0.3, -0.25) is 10.1 Å². The molecule has 98 valence electrons. The number of anilines is 1. The van der Waals surface area contributed by atoms with Crippen LogP contribution in [-0.2, 0) is 0 Å². The standard InChI is InChI=1S/C13H18N2O3/c1-9-6-10(8-11(7-9)15(17)18)14-12-4-2-3-5-13(12)16/h6-8,12-14,16H,2-5H2,1H3. The van der Waals surface area contributed by atoms with Crippen molar-refractivity contribution in [1.29, 1.82) is 0 Å². The van der Waals surface area contributed by atoms with Gasteiger partial charge in [-0.25, -0.2) is 0 Å². The fourth-order valence-electron chi connectivity index (χ4n) is 2.45. The summed E-state index contributed by atoms with van der Waals surface area (Å²) < 4.78 is 0. The highest BCUT2D eigenvalue weighted by molar-refractivity contribution is 5.54. The SMILES string of the molecule is Cc1cc(NC2CCCCC2O)cc([N+](=O)[O-])c1. The summed E-state index contributed by atoms with van der Waals surface area (Å²) in [5, 5.41) is 23.9. The minimum atomic E-state index is -0.393. The van der Waals surface area contributed by atoms with E-state index in [0.29, 0.717) is 5.69 Å². The number of hydrogen-bond donors (Lipinski definition) is 2. The molecule has 1 aliphatic carbocycles. The van der Waals surface area contributed by atoms with Gasteiger partial charge in [-0.05, 0) is 31.4 Å². The van der Waals surface area contributed by atoms with Gasteiger partial charge in [-0.2, -0.15) is 0 Å². The molecule has 1 aliphatic rings. The number of hydrogen-bond acceptors (Lipinski definition) is 4. The molecule has 0 saturated heterocycles. The number of benzene rings is 1. The molecule has 1 aromatic rings. The molecule has 0 aliphatic heterocycles. The maximum atomic E-state index is 10.8. The lowest BCUT2D eigenvalue weighted by molar-refractivity contribution is -0.384. The molecular formula is C13H18N2O3. The van der Waals surface area contributed by atoms with Crippen molar-refractivity contribution in [2.45, 2.75) is 44.8 Å². The van der Waals surface area contributed by atoms with Crippen molar-refractivity contribution < 1.29 is 10.0 Å². The van der Waals surface area contributed by atoms with Crippen molar-refractivity contribution in [2.75, 3.05) is 5.32 Å². The lowest BCUT2D eigenvalue weighted by Gasteiger charge is -2.29. The van der Waals surface area contributed by atoms with Gasteiger partial charge in [0.15, 0.2) is 0 Å². The van der Waals surface area contributed by atoms with Crippen molar-refractivity contribution in [2.24, 2.45) is 0 Å². The Kier molecular flexibility index (Phi) is 3.81. The molecule has 0 spiro atoms. The maximum Gasteiger partial charge on any atom is 0.271 e. The van der Waals surface area contributed by atoms with Crippen LogP contribution in [0.1, 0.15) is 31.2 Å². The molecule has 0 heterocycles. The summed E-state index contributed by atoms with van der Waals surface area (Å²) >= 11 is 0. The molecule has 1 fully saturated rings. The first-order chi connectivity index (χ1) is 8.56. The van der Waals surface area contributed by atoms with Gasteiger partial charge < -0.3 is 10.4 Å². The summed E-state index contributed by atoms with van der Waals surface area (Å²) in [5.41, 5.74) is 1.65. The highest BCUT2D eigenvalue weighted by Gasteiger charge is 2.23. The van der Waals surface area contributed by atoms with Crippen LogP contribution in [0.15, 0.2) is 18.2 Å². The van der Waals surface area contributed by atoms with Crippen LogP contribution in [0, 0.1) is 17.0 Å². The zero-order valence-electron chi connectivity index (χ0n) is 10.4. The van der Waals surface area contributed by atoms with E-state index in [0.717, 1.165) is 31.2 Å². The number of aliphatic hydroxyl groups is 1. The highest BCUT2D eigenvalue weighted by Crippen LogP contribution is 2.25. The molecule has 0 aromatic heterocycles. The van der Waals surface area contributed by atoms with Crippen molar-refractivity contribution in [3.05, 3.63) is 33.9 Å². The van der Waals surface area contributed by atoms with Crippen LogP contribution in [0.3, 0.4) is 0 Å². The van der Waals surface area contributed by atoms with Gasteiger partial charge in [0.25, 0.3) is 5.69 Å². The lowest BCUT2D eigenvalue weighted by atomic mass is 9.92. The first-order valence-corrected chi connectivity index (χ1v) is 6.27. The van der Waals surface area contributed by atoms with E-state index in [1.54, 1.807) is 6.07 Å². The average molecular weight is 250 g/mol. The van der Waals surface area contributed by atoms with Crippen molar-refractivity contribution in [3.63, 3.8) is 0 Å². The second-order valence-corrected chi connectivity index (χ2v) is 4.92. The molecule has 5 heteroatoms. The normalized spacial score (nSPS) is 23.7. The minimum Gasteiger partial charge on any atom is -0.391 e.